The summed E-state index contributed by atoms with van der Waals surface area (Å²) in [5.41, 5.74) is 0.308. The van der Waals surface area contributed by atoms with Crippen LogP contribution >= 0.6 is 0 Å². The van der Waals surface area contributed by atoms with Crippen LogP contribution in [0.15, 0.2) is 0 Å². The quantitative estimate of drug-likeness (QED) is 0.440. The summed E-state index contributed by atoms with van der Waals surface area (Å²) in [5, 5.41) is 0. The Labute approximate surface area is 187 Å². The maximum Gasteiger partial charge on any atom is 0.184 e. The van der Waals surface area contributed by atoms with Crippen LogP contribution in [0.25, 0.3) is 0 Å². The molecule has 0 aliphatic heterocycles. The van der Waals surface area contributed by atoms with Crippen molar-refractivity contribution in [1.29, 1.82) is 0 Å². The van der Waals surface area contributed by atoms with Gasteiger partial charge in [-0.05, 0) is 120 Å². The van der Waals surface area contributed by atoms with Gasteiger partial charge < -0.3 is 8.85 Å². The normalized spacial score (nSPS) is 44.4. The Kier molecular flexibility index (Phi) is 6.04. The number of Topliss-reactive ketones (excluding diaryl/α,β-unsaturated/α-hetero) is 1. The zero-order valence-corrected chi connectivity index (χ0v) is 22.7. The van der Waals surface area contributed by atoms with Gasteiger partial charge in [0, 0.05) is 24.5 Å². The molecule has 4 aliphatic rings. The van der Waals surface area contributed by atoms with Crippen molar-refractivity contribution in [2.24, 2.45) is 34.5 Å². The molecule has 3 nitrogen and oxygen atoms in total. The van der Waals surface area contributed by atoms with E-state index < -0.39 is 16.6 Å². The minimum absolute atomic E-state index is 0.0209. The van der Waals surface area contributed by atoms with E-state index >= 15 is 0 Å². The fourth-order valence-corrected chi connectivity index (χ4v) is 9.94. The summed E-state index contributed by atoms with van der Waals surface area (Å²) in [6, 6.07) is 0. The molecule has 4 saturated carbocycles. The van der Waals surface area contributed by atoms with E-state index in [1.165, 1.54) is 38.5 Å². The number of carbonyl (C=O) groups is 1. The SMILES string of the molecule is C[C@]12CC[C@H]3[C@@H](CC[C@H]4C[C@@H](O[Si](C)(C)C)CC[C@@]43CO[Si](C)(C)C)[C@@H]1CCC2=O. The Balaban J connectivity index is 1.60. The number of ketones is 1. The third-order valence-corrected chi connectivity index (χ3v) is 11.4. The molecule has 0 aromatic rings. The van der Waals surface area contributed by atoms with Crippen LogP contribution in [-0.2, 0) is 13.6 Å². The Bertz CT molecular complexity index is 666. The summed E-state index contributed by atoms with van der Waals surface area (Å²) in [4.78, 5) is 12.8. The molecular weight excluding hydrogens is 404 g/mol. The lowest BCUT2D eigenvalue weighted by Crippen LogP contribution is -2.58. The number of carbonyl (C=O) groups excluding carboxylic acids is 1. The summed E-state index contributed by atoms with van der Waals surface area (Å²) in [6.45, 7) is 17.3. The van der Waals surface area contributed by atoms with E-state index in [9.17, 15) is 4.79 Å². The van der Waals surface area contributed by atoms with Gasteiger partial charge in [-0.1, -0.05) is 6.92 Å². The molecular formula is C25H46O3Si2. The first-order chi connectivity index (χ1) is 13.8. The minimum Gasteiger partial charge on any atom is -0.417 e. The van der Waals surface area contributed by atoms with Gasteiger partial charge in [-0.3, -0.25) is 4.79 Å². The molecule has 4 aliphatic carbocycles. The predicted octanol–water partition coefficient (Wildman–Crippen LogP) is 6.65. The number of hydrogen-bond donors (Lipinski definition) is 0. The molecule has 0 aromatic carbocycles. The summed E-state index contributed by atoms with van der Waals surface area (Å²) in [6.07, 6.45) is 11.2. The van der Waals surface area contributed by atoms with Crippen LogP contribution in [0.1, 0.15) is 64.7 Å². The second kappa shape index (κ2) is 7.81. The average molecular weight is 451 g/mol. The Hall–Kier alpha value is 0.0238. The van der Waals surface area contributed by atoms with Gasteiger partial charge in [-0.2, -0.15) is 0 Å². The van der Waals surface area contributed by atoms with Gasteiger partial charge in [0.1, 0.15) is 5.78 Å². The zero-order valence-electron chi connectivity index (χ0n) is 20.7. The zero-order chi connectivity index (χ0) is 21.9. The fraction of sp³-hybridized carbons (Fsp3) is 0.960. The highest BCUT2D eigenvalue weighted by Gasteiger charge is 2.62. The van der Waals surface area contributed by atoms with E-state index in [0.29, 0.717) is 23.2 Å². The van der Waals surface area contributed by atoms with Crippen LogP contribution in [0, 0.1) is 34.5 Å². The Morgan fingerprint density at radius 2 is 1.63 bits per heavy atom. The summed E-state index contributed by atoms with van der Waals surface area (Å²) in [5.74, 6) is 3.43. The highest BCUT2D eigenvalue weighted by atomic mass is 28.4. The van der Waals surface area contributed by atoms with Crippen molar-refractivity contribution >= 4 is 22.4 Å². The van der Waals surface area contributed by atoms with E-state index in [1.54, 1.807) is 0 Å². The van der Waals surface area contributed by atoms with Crippen molar-refractivity contribution in [3.63, 3.8) is 0 Å². The minimum atomic E-state index is -1.57. The first-order valence-electron chi connectivity index (χ1n) is 12.7. The summed E-state index contributed by atoms with van der Waals surface area (Å²) >= 11 is 0. The maximum absolute atomic E-state index is 12.8. The first kappa shape index (κ1) is 23.2. The smallest absolute Gasteiger partial charge is 0.184 e. The van der Waals surface area contributed by atoms with Gasteiger partial charge in [-0.25, -0.2) is 0 Å². The van der Waals surface area contributed by atoms with Crippen molar-refractivity contribution in [3.8, 4) is 0 Å². The largest absolute Gasteiger partial charge is 0.417 e. The van der Waals surface area contributed by atoms with E-state index in [1.807, 2.05) is 0 Å². The Morgan fingerprint density at radius 1 is 0.900 bits per heavy atom. The van der Waals surface area contributed by atoms with Crippen molar-refractivity contribution < 1.29 is 13.6 Å². The van der Waals surface area contributed by atoms with E-state index in [-0.39, 0.29) is 5.41 Å². The van der Waals surface area contributed by atoms with Gasteiger partial charge in [0.25, 0.3) is 0 Å². The molecule has 5 heteroatoms. The van der Waals surface area contributed by atoms with Crippen LogP contribution < -0.4 is 0 Å². The van der Waals surface area contributed by atoms with Gasteiger partial charge in [0.15, 0.2) is 16.6 Å². The highest BCUT2D eigenvalue weighted by molar-refractivity contribution is 6.70. The maximum atomic E-state index is 12.8. The monoisotopic (exact) mass is 450 g/mol. The molecule has 0 saturated heterocycles. The average Bonchev–Trinajstić information content (AvgIpc) is 2.93. The molecule has 172 valence electrons. The first-order valence-corrected chi connectivity index (χ1v) is 19.5. The van der Waals surface area contributed by atoms with E-state index in [4.69, 9.17) is 8.85 Å². The van der Waals surface area contributed by atoms with Gasteiger partial charge in [0.2, 0.25) is 0 Å². The standard InChI is InChI=1S/C25H46O3Si2/c1-24-14-13-22-20(21(24)10-11-23(24)26)9-8-18-16-19(28-30(5,6)7)12-15-25(18,22)17-27-29(2,3)4/h18-22H,8-17H2,1-7H3/t18-,19-,20-,21-,22-,24-,25+/m0/s1. The molecule has 30 heavy (non-hydrogen) atoms. The lowest BCUT2D eigenvalue weighted by molar-refractivity contribution is -0.153. The number of rotatable bonds is 5. The fourth-order valence-electron chi connectivity index (χ4n) is 8.02. The second-order valence-corrected chi connectivity index (χ2v) is 22.3. The predicted molar refractivity (Wildman–Crippen MR) is 129 cm³/mol. The van der Waals surface area contributed by atoms with Crippen molar-refractivity contribution in [3.05, 3.63) is 0 Å². The highest BCUT2D eigenvalue weighted by Crippen LogP contribution is 2.66. The van der Waals surface area contributed by atoms with Gasteiger partial charge >= 0.3 is 0 Å². The van der Waals surface area contributed by atoms with Crippen molar-refractivity contribution in [1.82, 2.24) is 0 Å². The van der Waals surface area contributed by atoms with Crippen LogP contribution in [0.5, 0.6) is 0 Å². The topological polar surface area (TPSA) is 35.5 Å². The second-order valence-electron chi connectivity index (χ2n) is 13.3. The van der Waals surface area contributed by atoms with Crippen LogP contribution in [0.4, 0.5) is 0 Å². The molecule has 7 atom stereocenters. The van der Waals surface area contributed by atoms with Crippen molar-refractivity contribution in [2.75, 3.05) is 6.61 Å². The molecule has 4 fully saturated rings. The molecule has 0 bridgehead atoms. The summed E-state index contributed by atoms with van der Waals surface area (Å²) in [7, 11) is -3.07. The third-order valence-electron chi connectivity index (χ3n) is 9.32. The molecule has 0 spiro atoms. The molecule has 0 unspecified atom stereocenters. The van der Waals surface area contributed by atoms with Crippen LogP contribution in [0.2, 0.25) is 39.3 Å². The number of hydrogen-bond acceptors (Lipinski definition) is 3. The molecule has 0 amide bonds. The lowest BCUT2D eigenvalue weighted by atomic mass is 9.45. The van der Waals surface area contributed by atoms with Crippen LogP contribution in [0.3, 0.4) is 0 Å². The van der Waals surface area contributed by atoms with E-state index in [0.717, 1.165) is 43.6 Å². The third kappa shape index (κ3) is 4.17. The molecule has 0 aromatic heterocycles. The molecule has 0 N–H and O–H groups in total. The molecule has 4 rings (SSSR count). The lowest BCUT2D eigenvalue weighted by Gasteiger charge is -2.61. The summed E-state index contributed by atoms with van der Waals surface area (Å²) < 4.78 is 13.3. The molecule has 0 heterocycles. The molecule has 0 radical (unpaired) electrons. The van der Waals surface area contributed by atoms with E-state index in [2.05, 4.69) is 46.2 Å². The van der Waals surface area contributed by atoms with Gasteiger partial charge in [0.05, 0.1) is 0 Å². The van der Waals surface area contributed by atoms with Gasteiger partial charge in [-0.15, -0.1) is 0 Å². The Morgan fingerprint density at radius 3 is 2.30 bits per heavy atom. The number of fused-ring (bicyclic) bond motifs is 5. The van der Waals surface area contributed by atoms with Crippen LogP contribution in [-0.4, -0.2) is 35.1 Å². The van der Waals surface area contributed by atoms with Crippen molar-refractivity contribution in [2.45, 2.75) is 110 Å².